The van der Waals surface area contributed by atoms with Crippen molar-refractivity contribution in [3.63, 3.8) is 0 Å². The van der Waals surface area contributed by atoms with Crippen molar-refractivity contribution in [2.75, 3.05) is 11.4 Å². The van der Waals surface area contributed by atoms with E-state index in [2.05, 4.69) is 21.8 Å². The van der Waals surface area contributed by atoms with Gasteiger partial charge < -0.3 is 4.90 Å². The molecule has 2 aliphatic rings. The summed E-state index contributed by atoms with van der Waals surface area (Å²) in [7, 11) is 0. The summed E-state index contributed by atoms with van der Waals surface area (Å²) >= 11 is 0. The van der Waals surface area contributed by atoms with Crippen molar-refractivity contribution in [1.82, 2.24) is 19.6 Å². The lowest BCUT2D eigenvalue weighted by Crippen LogP contribution is -2.24. The van der Waals surface area contributed by atoms with Gasteiger partial charge in [-0.2, -0.15) is 0 Å². The molecule has 1 unspecified atom stereocenters. The average molecular weight is 439 g/mol. The van der Waals surface area contributed by atoms with E-state index in [0.717, 1.165) is 65.6 Å². The second-order valence-corrected chi connectivity index (χ2v) is 8.65. The maximum absolute atomic E-state index is 13.9. The third-order valence-electron chi connectivity index (χ3n) is 6.32. The van der Waals surface area contributed by atoms with E-state index in [9.17, 15) is 4.39 Å². The SMILES string of the molecule is CC1=CN=C(c2cccc(-c3cnc4ccc(N5CCCC5c5cccc(F)c5)nn34)n2)C1. The minimum atomic E-state index is -0.206. The van der Waals surface area contributed by atoms with Crippen LogP contribution in [0.4, 0.5) is 10.2 Å². The average Bonchev–Trinajstić information content (AvgIpc) is 3.58. The monoisotopic (exact) mass is 438 g/mol. The number of nitrogens with zero attached hydrogens (tertiary/aromatic N) is 6. The van der Waals surface area contributed by atoms with E-state index in [4.69, 9.17) is 10.1 Å². The van der Waals surface area contributed by atoms with E-state index < -0.39 is 0 Å². The summed E-state index contributed by atoms with van der Waals surface area (Å²) in [5, 5.41) is 4.94. The number of anilines is 1. The van der Waals surface area contributed by atoms with Crippen molar-refractivity contribution in [2.24, 2.45) is 4.99 Å². The maximum atomic E-state index is 13.9. The fourth-order valence-electron chi connectivity index (χ4n) is 4.73. The zero-order chi connectivity index (χ0) is 22.4. The number of aliphatic imine (C=N–C) groups is 1. The summed E-state index contributed by atoms with van der Waals surface area (Å²) in [6.45, 7) is 2.95. The second-order valence-electron chi connectivity index (χ2n) is 8.65. The Labute approximate surface area is 191 Å². The molecule has 0 saturated carbocycles. The Morgan fingerprint density at radius 2 is 1.91 bits per heavy atom. The molecule has 0 aliphatic carbocycles. The number of pyridine rings is 1. The third kappa shape index (κ3) is 3.59. The van der Waals surface area contributed by atoms with Crippen LogP contribution >= 0.6 is 0 Å². The van der Waals surface area contributed by atoms with Gasteiger partial charge in [0, 0.05) is 19.2 Å². The zero-order valence-electron chi connectivity index (χ0n) is 18.3. The third-order valence-corrected chi connectivity index (χ3v) is 6.32. The Balaban J connectivity index is 1.37. The summed E-state index contributed by atoms with van der Waals surface area (Å²) < 4.78 is 15.7. The normalized spacial score (nSPS) is 18.1. The lowest BCUT2D eigenvalue weighted by atomic mass is 10.0. The van der Waals surface area contributed by atoms with Gasteiger partial charge in [-0.25, -0.2) is 18.9 Å². The Morgan fingerprint density at radius 1 is 1.03 bits per heavy atom. The van der Waals surface area contributed by atoms with Gasteiger partial charge in [0.05, 0.1) is 29.3 Å². The predicted octanol–water partition coefficient (Wildman–Crippen LogP) is 5.37. The second kappa shape index (κ2) is 7.92. The molecule has 1 fully saturated rings. The molecule has 0 bridgehead atoms. The first-order chi connectivity index (χ1) is 16.2. The first kappa shape index (κ1) is 19.8. The summed E-state index contributed by atoms with van der Waals surface area (Å²) in [5.74, 6) is 0.646. The van der Waals surface area contributed by atoms with Crippen LogP contribution in [0.2, 0.25) is 0 Å². The molecular weight excluding hydrogens is 415 g/mol. The molecule has 6 rings (SSSR count). The van der Waals surface area contributed by atoms with Crippen LogP contribution in [0.5, 0.6) is 0 Å². The molecule has 33 heavy (non-hydrogen) atoms. The van der Waals surface area contributed by atoms with Crippen LogP contribution < -0.4 is 4.90 Å². The minimum Gasteiger partial charge on any atom is -0.348 e. The highest BCUT2D eigenvalue weighted by molar-refractivity contribution is 6.02. The van der Waals surface area contributed by atoms with Crippen molar-refractivity contribution < 1.29 is 4.39 Å². The van der Waals surface area contributed by atoms with Crippen molar-refractivity contribution in [3.8, 4) is 11.4 Å². The molecule has 0 spiro atoms. The molecule has 6 nitrogen and oxygen atoms in total. The molecule has 4 aromatic rings. The number of rotatable bonds is 4. The van der Waals surface area contributed by atoms with Crippen molar-refractivity contribution in [1.29, 1.82) is 0 Å². The first-order valence-electron chi connectivity index (χ1n) is 11.2. The standard InChI is InChI=1S/C26H23FN6/c1-17-13-22(28-15-17)20-7-3-8-21(30-20)24-16-29-25-10-11-26(31-33(24)25)32-12-4-9-23(32)18-5-2-6-19(27)14-18/h2-3,5-8,10-11,14-16,23H,4,9,12-13H2,1H3. The van der Waals surface area contributed by atoms with Gasteiger partial charge in [-0.05, 0) is 67.3 Å². The number of benzene rings is 1. The van der Waals surface area contributed by atoms with E-state index in [-0.39, 0.29) is 11.9 Å². The number of allylic oxidation sites excluding steroid dienone is 1. The smallest absolute Gasteiger partial charge is 0.154 e. The quantitative estimate of drug-likeness (QED) is 0.430. The lowest BCUT2D eigenvalue weighted by molar-refractivity contribution is 0.617. The molecule has 1 saturated heterocycles. The molecule has 1 atom stereocenters. The molecule has 0 amide bonds. The van der Waals surface area contributed by atoms with Crippen molar-refractivity contribution in [2.45, 2.75) is 32.2 Å². The van der Waals surface area contributed by atoms with Crippen LogP contribution in [-0.4, -0.2) is 31.8 Å². The summed E-state index contributed by atoms with van der Waals surface area (Å²) in [5.41, 5.74) is 6.47. The molecule has 0 N–H and O–H groups in total. The van der Waals surface area contributed by atoms with E-state index in [1.165, 1.54) is 11.6 Å². The Hall–Kier alpha value is -3.87. The van der Waals surface area contributed by atoms with Crippen LogP contribution in [0.15, 0.2) is 77.6 Å². The van der Waals surface area contributed by atoms with Crippen LogP contribution in [0.25, 0.3) is 17.0 Å². The molecule has 5 heterocycles. The van der Waals surface area contributed by atoms with Gasteiger partial charge in [-0.15, -0.1) is 5.10 Å². The number of hydrogen-bond donors (Lipinski definition) is 0. The summed E-state index contributed by atoms with van der Waals surface area (Å²) in [4.78, 5) is 16.2. The number of halogens is 1. The first-order valence-corrected chi connectivity index (χ1v) is 11.2. The highest BCUT2D eigenvalue weighted by Crippen LogP contribution is 2.35. The van der Waals surface area contributed by atoms with Gasteiger partial charge in [0.1, 0.15) is 17.3 Å². The molecular formula is C26H23FN6. The number of aromatic nitrogens is 4. The number of imidazole rings is 1. The molecule has 1 aromatic carbocycles. The Kier molecular flexibility index (Phi) is 4.75. The van der Waals surface area contributed by atoms with Crippen LogP contribution in [0.3, 0.4) is 0 Å². The fourth-order valence-corrected chi connectivity index (χ4v) is 4.73. The highest BCUT2D eigenvalue weighted by atomic mass is 19.1. The van der Waals surface area contributed by atoms with Crippen LogP contribution in [-0.2, 0) is 0 Å². The van der Waals surface area contributed by atoms with Crippen molar-refractivity contribution in [3.05, 3.63) is 89.6 Å². The maximum Gasteiger partial charge on any atom is 0.154 e. The number of fused-ring (bicyclic) bond motifs is 1. The van der Waals surface area contributed by atoms with Crippen molar-refractivity contribution >= 4 is 17.2 Å². The van der Waals surface area contributed by atoms with E-state index >= 15 is 0 Å². The minimum absolute atomic E-state index is 0.107. The summed E-state index contributed by atoms with van der Waals surface area (Å²) in [6.07, 6.45) is 6.54. The van der Waals surface area contributed by atoms with E-state index in [1.807, 2.05) is 53.3 Å². The summed E-state index contributed by atoms with van der Waals surface area (Å²) in [6, 6.07) is 16.9. The fraction of sp³-hybridized carbons (Fsp3) is 0.231. The highest BCUT2D eigenvalue weighted by Gasteiger charge is 2.28. The van der Waals surface area contributed by atoms with E-state index in [0.29, 0.717) is 0 Å². The van der Waals surface area contributed by atoms with Gasteiger partial charge >= 0.3 is 0 Å². The zero-order valence-corrected chi connectivity index (χ0v) is 18.3. The molecule has 2 aliphatic heterocycles. The van der Waals surface area contributed by atoms with Gasteiger partial charge in [0.15, 0.2) is 5.65 Å². The molecule has 0 radical (unpaired) electrons. The predicted molar refractivity (Wildman–Crippen MR) is 127 cm³/mol. The van der Waals surface area contributed by atoms with Crippen LogP contribution in [0, 0.1) is 5.82 Å². The van der Waals surface area contributed by atoms with Crippen LogP contribution in [0.1, 0.15) is 43.5 Å². The lowest BCUT2D eigenvalue weighted by Gasteiger charge is -2.26. The van der Waals surface area contributed by atoms with E-state index in [1.54, 1.807) is 12.1 Å². The largest absolute Gasteiger partial charge is 0.348 e. The van der Waals surface area contributed by atoms with Gasteiger partial charge in [0.25, 0.3) is 0 Å². The van der Waals surface area contributed by atoms with Gasteiger partial charge in [-0.3, -0.25) is 4.99 Å². The Bertz CT molecular complexity index is 1420. The molecule has 164 valence electrons. The number of hydrogen-bond acceptors (Lipinski definition) is 5. The topological polar surface area (TPSA) is 58.7 Å². The van der Waals surface area contributed by atoms with Gasteiger partial charge in [-0.1, -0.05) is 18.2 Å². The Morgan fingerprint density at radius 3 is 2.76 bits per heavy atom. The van der Waals surface area contributed by atoms with Gasteiger partial charge in [0.2, 0.25) is 0 Å². The molecule has 7 heteroatoms. The molecule has 3 aromatic heterocycles.